The monoisotopic (exact) mass is 442 g/mol. The number of hydrogen-bond donors (Lipinski definition) is 3. The minimum Gasteiger partial charge on any atom is -0.378 e. The van der Waals surface area contributed by atoms with Gasteiger partial charge in [-0.3, -0.25) is 9.59 Å². The van der Waals surface area contributed by atoms with Crippen LogP contribution in [0.3, 0.4) is 0 Å². The number of hydrogen-bond acceptors (Lipinski definition) is 7. The van der Waals surface area contributed by atoms with E-state index in [0.29, 0.717) is 26.3 Å². The molecule has 2 saturated heterocycles. The first-order chi connectivity index (χ1) is 13.8. The van der Waals surface area contributed by atoms with Crippen LogP contribution in [0.4, 0.5) is 0 Å². The van der Waals surface area contributed by atoms with Gasteiger partial charge in [0.2, 0.25) is 21.8 Å². The van der Waals surface area contributed by atoms with Gasteiger partial charge < -0.3 is 20.7 Å². The van der Waals surface area contributed by atoms with Gasteiger partial charge in [0.1, 0.15) is 0 Å². The van der Waals surface area contributed by atoms with Gasteiger partial charge in [-0.25, -0.2) is 8.42 Å². The molecule has 3 rings (SSSR count). The normalized spacial score (nSPS) is 24.3. The Bertz CT molecular complexity index is 828. The SMILES string of the molecule is NC(S)CNC(=O)[C@@H]1CN(S(=O)(=O)c2ccccc2)C[C@H]1C(=O)N1CCOCC1. The molecule has 0 spiro atoms. The van der Waals surface area contributed by atoms with Crippen molar-refractivity contribution in [3.8, 4) is 0 Å². The van der Waals surface area contributed by atoms with Gasteiger partial charge in [-0.2, -0.15) is 16.9 Å². The highest BCUT2D eigenvalue weighted by atomic mass is 32.2. The Kier molecular flexibility index (Phi) is 7.17. The van der Waals surface area contributed by atoms with Crippen LogP contribution in [0.2, 0.25) is 0 Å². The van der Waals surface area contributed by atoms with Gasteiger partial charge in [0, 0.05) is 32.7 Å². The van der Waals surface area contributed by atoms with Crippen LogP contribution in [0, 0.1) is 11.8 Å². The number of carbonyl (C=O) groups is 2. The smallest absolute Gasteiger partial charge is 0.243 e. The number of ether oxygens (including phenoxy) is 1. The zero-order valence-corrected chi connectivity index (χ0v) is 17.6. The summed E-state index contributed by atoms with van der Waals surface area (Å²) in [6.45, 7) is 1.73. The third-order valence-corrected chi connectivity index (χ3v) is 7.16. The van der Waals surface area contributed by atoms with E-state index in [-0.39, 0.29) is 30.4 Å². The molecular formula is C18H26N4O5S2. The van der Waals surface area contributed by atoms with E-state index < -0.39 is 33.1 Å². The van der Waals surface area contributed by atoms with E-state index in [1.807, 2.05) is 0 Å². The number of morpholine rings is 1. The van der Waals surface area contributed by atoms with Crippen molar-refractivity contribution in [2.75, 3.05) is 45.9 Å². The first kappa shape index (κ1) is 22.0. The van der Waals surface area contributed by atoms with Crippen molar-refractivity contribution in [2.24, 2.45) is 17.6 Å². The zero-order chi connectivity index (χ0) is 21.0. The Morgan fingerprint density at radius 2 is 1.79 bits per heavy atom. The summed E-state index contributed by atoms with van der Waals surface area (Å²) in [5.41, 5.74) is 5.58. The quantitative estimate of drug-likeness (QED) is 0.388. The predicted octanol–water partition coefficient (Wildman–Crippen LogP) is -0.887. The molecule has 9 nitrogen and oxygen atoms in total. The minimum atomic E-state index is -3.82. The van der Waals surface area contributed by atoms with Gasteiger partial charge in [-0.1, -0.05) is 18.2 Å². The van der Waals surface area contributed by atoms with Gasteiger partial charge in [0.15, 0.2) is 0 Å². The van der Waals surface area contributed by atoms with Crippen molar-refractivity contribution in [3.63, 3.8) is 0 Å². The van der Waals surface area contributed by atoms with E-state index >= 15 is 0 Å². The molecule has 0 radical (unpaired) electrons. The molecule has 1 unspecified atom stereocenters. The maximum Gasteiger partial charge on any atom is 0.243 e. The second-order valence-corrected chi connectivity index (χ2v) is 9.70. The van der Waals surface area contributed by atoms with Crippen LogP contribution in [0.5, 0.6) is 0 Å². The summed E-state index contributed by atoms with van der Waals surface area (Å²) in [4.78, 5) is 27.6. The molecule has 2 fully saturated rings. The van der Waals surface area contributed by atoms with Crippen molar-refractivity contribution >= 4 is 34.5 Å². The third kappa shape index (κ3) is 5.10. The van der Waals surface area contributed by atoms with Gasteiger partial charge in [-0.05, 0) is 12.1 Å². The van der Waals surface area contributed by atoms with Crippen LogP contribution in [0.1, 0.15) is 0 Å². The minimum absolute atomic E-state index is 0.0432. The highest BCUT2D eigenvalue weighted by molar-refractivity contribution is 7.89. The summed E-state index contributed by atoms with van der Waals surface area (Å²) in [5, 5.41) is 2.12. The molecular weight excluding hydrogens is 416 g/mol. The van der Waals surface area contributed by atoms with E-state index in [9.17, 15) is 18.0 Å². The van der Waals surface area contributed by atoms with Crippen LogP contribution in [0.15, 0.2) is 35.2 Å². The van der Waals surface area contributed by atoms with E-state index in [2.05, 4.69) is 17.9 Å². The highest BCUT2D eigenvalue weighted by Gasteiger charge is 2.47. The zero-order valence-electron chi connectivity index (χ0n) is 15.9. The van der Waals surface area contributed by atoms with E-state index in [1.54, 1.807) is 23.1 Å². The van der Waals surface area contributed by atoms with Gasteiger partial charge in [0.05, 0.1) is 35.3 Å². The number of rotatable bonds is 6. The van der Waals surface area contributed by atoms with Crippen LogP contribution < -0.4 is 11.1 Å². The Morgan fingerprint density at radius 1 is 1.17 bits per heavy atom. The van der Waals surface area contributed by atoms with E-state index in [1.165, 1.54) is 16.4 Å². The van der Waals surface area contributed by atoms with Gasteiger partial charge >= 0.3 is 0 Å². The van der Waals surface area contributed by atoms with Crippen molar-refractivity contribution in [3.05, 3.63) is 30.3 Å². The Labute approximate surface area is 176 Å². The number of benzene rings is 1. The lowest BCUT2D eigenvalue weighted by Crippen LogP contribution is -2.48. The largest absolute Gasteiger partial charge is 0.378 e. The Morgan fingerprint density at radius 3 is 2.41 bits per heavy atom. The van der Waals surface area contributed by atoms with Crippen molar-refractivity contribution in [2.45, 2.75) is 10.3 Å². The molecule has 0 bridgehead atoms. The molecule has 1 aromatic rings. The molecule has 0 aromatic heterocycles. The number of amides is 2. The van der Waals surface area contributed by atoms with Crippen molar-refractivity contribution in [1.29, 1.82) is 0 Å². The highest BCUT2D eigenvalue weighted by Crippen LogP contribution is 2.30. The van der Waals surface area contributed by atoms with Gasteiger partial charge in [0.25, 0.3) is 0 Å². The molecule has 1 aromatic carbocycles. The maximum atomic E-state index is 13.1. The third-order valence-electron chi connectivity index (χ3n) is 5.13. The number of sulfonamides is 1. The molecule has 160 valence electrons. The second-order valence-electron chi connectivity index (χ2n) is 7.10. The van der Waals surface area contributed by atoms with E-state index in [4.69, 9.17) is 10.5 Å². The Hall–Kier alpha value is -1.66. The van der Waals surface area contributed by atoms with Crippen LogP contribution in [-0.4, -0.2) is 80.7 Å². The fraction of sp³-hybridized carbons (Fsp3) is 0.556. The van der Waals surface area contributed by atoms with Crippen LogP contribution in [0.25, 0.3) is 0 Å². The second kappa shape index (κ2) is 9.43. The number of nitrogens with one attached hydrogen (secondary N) is 1. The lowest BCUT2D eigenvalue weighted by molar-refractivity contribution is -0.143. The van der Waals surface area contributed by atoms with Crippen molar-refractivity contribution in [1.82, 2.24) is 14.5 Å². The summed E-state index contributed by atoms with van der Waals surface area (Å²) in [6.07, 6.45) is 0. The first-order valence-corrected chi connectivity index (χ1v) is 11.4. The van der Waals surface area contributed by atoms with Crippen molar-refractivity contribution < 1.29 is 22.7 Å². The average Bonchev–Trinajstić information content (AvgIpc) is 3.19. The first-order valence-electron chi connectivity index (χ1n) is 9.44. The van der Waals surface area contributed by atoms with Crippen LogP contribution in [-0.2, 0) is 24.3 Å². The maximum absolute atomic E-state index is 13.1. The molecule has 0 aliphatic carbocycles. The molecule has 3 N–H and O–H groups in total. The topological polar surface area (TPSA) is 122 Å². The molecule has 11 heteroatoms. The molecule has 0 saturated carbocycles. The summed E-state index contributed by atoms with van der Waals surface area (Å²) >= 11 is 4.04. The van der Waals surface area contributed by atoms with Gasteiger partial charge in [-0.15, -0.1) is 0 Å². The molecule has 2 aliphatic rings. The van der Waals surface area contributed by atoms with Crippen LogP contribution >= 0.6 is 12.6 Å². The predicted molar refractivity (Wildman–Crippen MR) is 110 cm³/mol. The molecule has 2 amide bonds. The number of thiol groups is 1. The molecule has 2 aliphatic heterocycles. The average molecular weight is 443 g/mol. The number of nitrogens with two attached hydrogens (primary N) is 1. The fourth-order valence-corrected chi connectivity index (χ4v) is 5.18. The lowest BCUT2D eigenvalue weighted by atomic mass is 9.93. The standard InChI is InChI=1S/C18H26N4O5S2/c19-16(28)10-20-17(23)14-11-22(29(25,26)13-4-2-1-3-5-13)12-15(14)18(24)21-6-8-27-9-7-21/h1-5,14-16,28H,6-12,19H2,(H,20,23)/t14-,15-,16?/m1/s1. The summed E-state index contributed by atoms with van der Waals surface area (Å²) in [6, 6.07) is 8.00. The summed E-state index contributed by atoms with van der Waals surface area (Å²) < 4.78 is 32.6. The molecule has 29 heavy (non-hydrogen) atoms. The molecule has 3 atom stereocenters. The number of carbonyl (C=O) groups excluding carboxylic acids is 2. The summed E-state index contributed by atoms with van der Waals surface area (Å²) in [5.74, 6) is -2.18. The fourth-order valence-electron chi connectivity index (χ4n) is 3.58. The van der Waals surface area contributed by atoms with E-state index in [0.717, 1.165) is 0 Å². The lowest BCUT2D eigenvalue weighted by Gasteiger charge is -2.30. The number of nitrogens with zero attached hydrogens (tertiary/aromatic N) is 2. The molecule has 2 heterocycles. The summed E-state index contributed by atoms with van der Waals surface area (Å²) in [7, 11) is -3.82. The Balaban J connectivity index is 1.83.